The molecule has 1 nitrogen and oxygen atoms in total. The molecule has 0 atom stereocenters. The second-order valence-corrected chi connectivity index (χ2v) is 3.12. The molecule has 0 radical (unpaired) electrons. The summed E-state index contributed by atoms with van der Waals surface area (Å²) in [7, 11) is 0. The highest BCUT2D eigenvalue weighted by Crippen LogP contribution is 2.17. The normalized spacial score (nSPS) is 9.43. The van der Waals surface area contributed by atoms with Crippen LogP contribution in [-0.2, 0) is 0 Å². The molecular formula is C13H17N. The quantitative estimate of drug-likeness (QED) is 0.610. The number of benzene rings is 1. The lowest BCUT2D eigenvalue weighted by atomic mass is 10.1. The maximum atomic E-state index is 4.25. The average molecular weight is 187 g/mol. The molecule has 1 aromatic carbocycles. The van der Waals surface area contributed by atoms with Gasteiger partial charge < -0.3 is 0 Å². The van der Waals surface area contributed by atoms with E-state index in [1.54, 1.807) is 0 Å². The fraction of sp³-hybridized carbons (Fsp3) is 0.308. The molecule has 14 heavy (non-hydrogen) atoms. The van der Waals surface area contributed by atoms with Crippen LogP contribution < -0.4 is 0 Å². The molecule has 1 heteroatoms. The number of aryl methyl sites for hydroxylation is 2. The Morgan fingerprint density at radius 2 is 1.71 bits per heavy atom. The second kappa shape index (κ2) is 4.75. The van der Waals surface area contributed by atoms with Crippen molar-refractivity contribution in [1.29, 1.82) is 0 Å². The molecule has 0 amide bonds. The van der Waals surface area contributed by atoms with Crippen molar-refractivity contribution in [2.45, 2.75) is 27.7 Å². The summed E-state index contributed by atoms with van der Waals surface area (Å²) < 4.78 is 0. The number of hydrogen-bond acceptors (Lipinski definition) is 1. The third kappa shape index (κ3) is 2.11. The first-order valence-electron chi connectivity index (χ1n) is 5.09. The Kier molecular flexibility index (Phi) is 3.63. The predicted octanol–water partition coefficient (Wildman–Crippen LogP) is 3.88. The lowest BCUT2D eigenvalue weighted by Crippen LogP contribution is -1.83. The highest BCUT2D eigenvalue weighted by Gasteiger charge is 1.96. The largest absolute Gasteiger partial charge is 0.261 e. The van der Waals surface area contributed by atoms with Gasteiger partial charge in [0.2, 0.25) is 0 Å². The third-order valence-electron chi connectivity index (χ3n) is 2.12. The first-order chi connectivity index (χ1) is 6.77. The number of nitrogens with zero attached hydrogens (tertiary/aromatic N) is 1. The summed E-state index contributed by atoms with van der Waals surface area (Å²) in [5, 5.41) is 2.53. The van der Waals surface area contributed by atoms with Crippen molar-refractivity contribution in [3.05, 3.63) is 41.7 Å². The van der Waals surface area contributed by atoms with Crippen molar-refractivity contribution < 1.29 is 0 Å². The topological polar surface area (TPSA) is 12.9 Å². The standard InChI is InChI=1S/C11H11N.C2H6/c1-8-3-4-10-5-6-12-9(2)11(10)7-8;1-2/h3-7H,1-2H3;1-2H3. The number of aromatic nitrogens is 1. The van der Waals surface area contributed by atoms with Gasteiger partial charge in [0.25, 0.3) is 0 Å². The van der Waals surface area contributed by atoms with Gasteiger partial charge in [-0.15, -0.1) is 0 Å². The SMILES string of the molecule is CC.Cc1ccc2ccnc(C)c2c1. The molecule has 0 fully saturated rings. The van der Waals surface area contributed by atoms with Crippen molar-refractivity contribution in [2.75, 3.05) is 0 Å². The molecule has 1 aromatic heterocycles. The van der Waals surface area contributed by atoms with Crippen molar-refractivity contribution in [2.24, 2.45) is 0 Å². The van der Waals surface area contributed by atoms with Gasteiger partial charge >= 0.3 is 0 Å². The number of rotatable bonds is 0. The highest BCUT2D eigenvalue weighted by molar-refractivity contribution is 5.84. The maximum Gasteiger partial charge on any atom is 0.0451 e. The summed E-state index contributed by atoms with van der Waals surface area (Å²) >= 11 is 0. The zero-order valence-electron chi connectivity index (χ0n) is 9.33. The summed E-state index contributed by atoms with van der Waals surface area (Å²) in [6.07, 6.45) is 1.85. The van der Waals surface area contributed by atoms with Gasteiger partial charge in [-0.1, -0.05) is 31.5 Å². The van der Waals surface area contributed by atoms with Crippen LogP contribution in [0.1, 0.15) is 25.1 Å². The van der Waals surface area contributed by atoms with Gasteiger partial charge in [0.1, 0.15) is 0 Å². The predicted molar refractivity (Wildman–Crippen MR) is 62.6 cm³/mol. The molecule has 0 aliphatic carbocycles. The Hall–Kier alpha value is -1.37. The van der Waals surface area contributed by atoms with Crippen molar-refractivity contribution in [1.82, 2.24) is 4.98 Å². The zero-order chi connectivity index (χ0) is 10.6. The number of fused-ring (bicyclic) bond motifs is 1. The molecule has 2 aromatic rings. The molecule has 74 valence electrons. The van der Waals surface area contributed by atoms with Crippen LogP contribution in [0.25, 0.3) is 10.8 Å². The fourth-order valence-corrected chi connectivity index (χ4v) is 1.43. The Labute approximate surface area is 85.8 Å². The molecule has 0 spiro atoms. The van der Waals surface area contributed by atoms with E-state index >= 15 is 0 Å². The molecule has 2 rings (SSSR count). The van der Waals surface area contributed by atoms with E-state index in [0.717, 1.165) is 5.69 Å². The highest BCUT2D eigenvalue weighted by atomic mass is 14.7. The Morgan fingerprint density at radius 3 is 2.43 bits per heavy atom. The Bertz CT molecular complexity index is 419. The van der Waals surface area contributed by atoms with E-state index in [2.05, 4.69) is 30.1 Å². The minimum absolute atomic E-state index is 1.11. The van der Waals surface area contributed by atoms with Gasteiger partial charge in [-0.2, -0.15) is 0 Å². The summed E-state index contributed by atoms with van der Waals surface area (Å²) in [5.74, 6) is 0. The van der Waals surface area contributed by atoms with E-state index in [1.165, 1.54) is 16.3 Å². The molecular weight excluding hydrogens is 170 g/mol. The lowest BCUT2D eigenvalue weighted by Gasteiger charge is -2.01. The molecule has 0 bridgehead atoms. The Morgan fingerprint density at radius 1 is 1.00 bits per heavy atom. The van der Waals surface area contributed by atoms with E-state index in [-0.39, 0.29) is 0 Å². The molecule has 0 saturated carbocycles. The Balaban J connectivity index is 0.000000461. The van der Waals surface area contributed by atoms with Crippen LogP contribution in [0.3, 0.4) is 0 Å². The van der Waals surface area contributed by atoms with Gasteiger partial charge in [-0.3, -0.25) is 4.98 Å². The van der Waals surface area contributed by atoms with Gasteiger partial charge in [0, 0.05) is 17.3 Å². The van der Waals surface area contributed by atoms with Crippen molar-refractivity contribution in [3.8, 4) is 0 Å². The van der Waals surface area contributed by atoms with Crippen molar-refractivity contribution in [3.63, 3.8) is 0 Å². The van der Waals surface area contributed by atoms with Crippen LogP contribution in [0, 0.1) is 13.8 Å². The number of pyridine rings is 1. The lowest BCUT2D eigenvalue weighted by molar-refractivity contribution is 1.23. The first kappa shape index (κ1) is 10.7. The summed E-state index contributed by atoms with van der Waals surface area (Å²) in [6.45, 7) is 8.15. The van der Waals surface area contributed by atoms with Crippen LogP contribution in [0.2, 0.25) is 0 Å². The average Bonchev–Trinajstić information content (AvgIpc) is 2.22. The van der Waals surface area contributed by atoms with E-state index in [9.17, 15) is 0 Å². The minimum Gasteiger partial charge on any atom is -0.261 e. The second-order valence-electron chi connectivity index (χ2n) is 3.12. The van der Waals surface area contributed by atoms with Crippen LogP contribution >= 0.6 is 0 Å². The third-order valence-corrected chi connectivity index (χ3v) is 2.12. The monoisotopic (exact) mass is 187 g/mol. The maximum absolute atomic E-state index is 4.25. The van der Waals surface area contributed by atoms with E-state index < -0.39 is 0 Å². The fourth-order valence-electron chi connectivity index (χ4n) is 1.43. The van der Waals surface area contributed by atoms with Crippen LogP contribution in [0.4, 0.5) is 0 Å². The molecule has 0 N–H and O–H groups in total. The zero-order valence-corrected chi connectivity index (χ0v) is 9.33. The number of hydrogen-bond donors (Lipinski definition) is 0. The van der Waals surface area contributed by atoms with Crippen LogP contribution in [0.5, 0.6) is 0 Å². The van der Waals surface area contributed by atoms with Gasteiger partial charge in [0.05, 0.1) is 0 Å². The smallest absolute Gasteiger partial charge is 0.0451 e. The summed E-state index contributed by atoms with van der Waals surface area (Å²) in [5.41, 5.74) is 2.40. The molecule has 0 unspecified atom stereocenters. The minimum atomic E-state index is 1.11. The van der Waals surface area contributed by atoms with E-state index in [1.807, 2.05) is 33.0 Å². The summed E-state index contributed by atoms with van der Waals surface area (Å²) in [4.78, 5) is 4.25. The van der Waals surface area contributed by atoms with E-state index in [4.69, 9.17) is 0 Å². The van der Waals surface area contributed by atoms with Crippen LogP contribution in [-0.4, -0.2) is 4.98 Å². The van der Waals surface area contributed by atoms with Gasteiger partial charge in [-0.25, -0.2) is 0 Å². The summed E-state index contributed by atoms with van der Waals surface area (Å²) in [6, 6.07) is 8.49. The molecule has 0 aliphatic heterocycles. The van der Waals surface area contributed by atoms with Crippen LogP contribution in [0.15, 0.2) is 30.5 Å². The van der Waals surface area contributed by atoms with E-state index in [0.29, 0.717) is 0 Å². The first-order valence-corrected chi connectivity index (χ1v) is 5.09. The molecule has 0 saturated heterocycles. The molecule has 0 aliphatic rings. The molecule has 1 heterocycles. The van der Waals surface area contributed by atoms with Gasteiger partial charge in [0.15, 0.2) is 0 Å². The van der Waals surface area contributed by atoms with Gasteiger partial charge in [-0.05, 0) is 31.4 Å². The van der Waals surface area contributed by atoms with Crippen molar-refractivity contribution >= 4 is 10.8 Å².